The van der Waals surface area contributed by atoms with Gasteiger partial charge in [-0.25, -0.2) is 4.79 Å². The normalized spacial score (nSPS) is 20.6. The number of nitrogens with zero attached hydrogens (tertiary/aromatic N) is 4. The van der Waals surface area contributed by atoms with Gasteiger partial charge < -0.3 is 14.8 Å². The van der Waals surface area contributed by atoms with Crippen LogP contribution in [0.3, 0.4) is 0 Å². The molecule has 4 rings (SSSR count). The number of nitrogens with one attached hydrogen (secondary N) is 1. The highest BCUT2D eigenvalue weighted by atomic mass is 16.2. The summed E-state index contributed by atoms with van der Waals surface area (Å²) in [6, 6.07) is 9.62. The number of aromatic nitrogens is 3. The number of fused-ring (bicyclic) bond motifs is 1. The van der Waals surface area contributed by atoms with Crippen LogP contribution in [0.15, 0.2) is 30.3 Å². The largest absolute Gasteiger partial charge is 0.324 e. The second-order valence-corrected chi connectivity index (χ2v) is 7.02. The summed E-state index contributed by atoms with van der Waals surface area (Å²) < 4.78 is 2.32. The van der Waals surface area contributed by atoms with E-state index in [9.17, 15) is 4.79 Å². The van der Waals surface area contributed by atoms with Crippen molar-refractivity contribution < 1.29 is 4.79 Å². The van der Waals surface area contributed by atoms with E-state index in [1.54, 1.807) is 0 Å². The molecule has 0 spiro atoms. The number of aryl methyl sites for hydroxylation is 1. The van der Waals surface area contributed by atoms with Crippen LogP contribution in [0.2, 0.25) is 0 Å². The number of urea groups is 1. The molecule has 1 fully saturated rings. The smallest absolute Gasteiger partial charge is 0.321 e. The first-order valence-electron chi connectivity index (χ1n) is 9.34. The Hall–Kier alpha value is -2.37. The van der Waals surface area contributed by atoms with Crippen molar-refractivity contribution in [3.05, 3.63) is 42.0 Å². The Morgan fingerprint density at radius 2 is 1.92 bits per heavy atom. The standard InChI is InChI=1S/C19H25N5O/c25-19(20-16-9-3-1-4-10-16)23-12-7-8-15(14-23)18-22-21-17-11-5-2-6-13-24(17)18/h1,3-4,9-10,15H,2,5-8,11-14H2,(H,20,25). The van der Waals surface area contributed by atoms with Gasteiger partial charge in [0.05, 0.1) is 0 Å². The number of hydrogen-bond donors (Lipinski definition) is 1. The van der Waals surface area contributed by atoms with Crippen molar-refractivity contribution in [1.29, 1.82) is 0 Å². The van der Waals surface area contributed by atoms with E-state index in [0.29, 0.717) is 0 Å². The second-order valence-electron chi connectivity index (χ2n) is 7.02. The second kappa shape index (κ2) is 7.25. The number of benzene rings is 1. The van der Waals surface area contributed by atoms with E-state index in [-0.39, 0.29) is 11.9 Å². The Kier molecular flexibility index (Phi) is 4.68. The van der Waals surface area contributed by atoms with E-state index in [4.69, 9.17) is 0 Å². The van der Waals surface area contributed by atoms with E-state index in [2.05, 4.69) is 20.1 Å². The first-order chi connectivity index (χ1) is 12.3. The number of para-hydroxylation sites is 1. The Morgan fingerprint density at radius 3 is 2.80 bits per heavy atom. The topological polar surface area (TPSA) is 63.1 Å². The van der Waals surface area contributed by atoms with Gasteiger partial charge in [-0.3, -0.25) is 0 Å². The third-order valence-corrected chi connectivity index (χ3v) is 5.24. The summed E-state index contributed by atoms with van der Waals surface area (Å²) in [5.41, 5.74) is 0.839. The fraction of sp³-hybridized carbons (Fsp3) is 0.526. The van der Waals surface area contributed by atoms with Gasteiger partial charge in [0.2, 0.25) is 0 Å². The number of likely N-dealkylation sites (tertiary alicyclic amines) is 1. The van der Waals surface area contributed by atoms with Crippen LogP contribution in [0.25, 0.3) is 0 Å². The summed E-state index contributed by atoms with van der Waals surface area (Å²) in [6.07, 6.45) is 6.77. The number of hydrogen-bond acceptors (Lipinski definition) is 3. The van der Waals surface area contributed by atoms with Gasteiger partial charge in [-0.05, 0) is 37.8 Å². The van der Waals surface area contributed by atoms with E-state index >= 15 is 0 Å². The van der Waals surface area contributed by atoms with Gasteiger partial charge in [-0.1, -0.05) is 24.6 Å². The molecular weight excluding hydrogens is 314 g/mol. The third-order valence-electron chi connectivity index (χ3n) is 5.24. The molecule has 2 aliphatic heterocycles. The zero-order valence-electron chi connectivity index (χ0n) is 14.5. The molecule has 1 unspecified atom stereocenters. The molecule has 1 saturated heterocycles. The lowest BCUT2D eigenvalue weighted by Gasteiger charge is -2.32. The van der Waals surface area contributed by atoms with Crippen molar-refractivity contribution in [3.8, 4) is 0 Å². The zero-order valence-corrected chi connectivity index (χ0v) is 14.5. The van der Waals surface area contributed by atoms with Gasteiger partial charge >= 0.3 is 6.03 Å². The van der Waals surface area contributed by atoms with Crippen LogP contribution in [0.4, 0.5) is 10.5 Å². The molecule has 1 aromatic heterocycles. The minimum absolute atomic E-state index is 0.0218. The zero-order chi connectivity index (χ0) is 17.1. The summed E-state index contributed by atoms with van der Waals surface area (Å²) in [5.74, 6) is 2.49. The lowest BCUT2D eigenvalue weighted by Crippen LogP contribution is -2.42. The molecule has 0 saturated carbocycles. The Morgan fingerprint density at radius 1 is 1.04 bits per heavy atom. The molecular formula is C19H25N5O. The molecule has 2 aliphatic rings. The van der Waals surface area contributed by atoms with Crippen molar-refractivity contribution in [1.82, 2.24) is 19.7 Å². The van der Waals surface area contributed by atoms with Crippen molar-refractivity contribution >= 4 is 11.7 Å². The Balaban J connectivity index is 1.46. The summed E-state index contributed by atoms with van der Waals surface area (Å²) in [6.45, 7) is 2.54. The molecule has 2 aromatic rings. The van der Waals surface area contributed by atoms with Crippen molar-refractivity contribution in [2.24, 2.45) is 0 Å². The molecule has 2 amide bonds. The lowest BCUT2D eigenvalue weighted by molar-refractivity contribution is 0.190. The first kappa shape index (κ1) is 16.1. The van der Waals surface area contributed by atoms with Crippen LogP contribution in [-0.4, -0.2) is 38.8 Å². The van der Waals surface area contributed by atoms with Gasteiger partial charge in [0.15, 0.2) is 0 Å². The summed E-state index contributed by atoms with van der Waals surface area (Å²) >= 11 is 0. The number of piperidine rings is 1. The molecule has 6 heteroatoms. The number of carbonyl (C=O) groups excluding carboxylic acids is 1. The molecule has 0 aliphatic carbocycles. The van der Waals surface area contributed by atoms with E-state index in [1.165, 1.54) is 19.3 Å². The number of carbonyl (C=O) groups is 1. The summed E-state index contributed by atoms with van der Waals surface area (Å²) in [7, 11) is 0. The van der Waals surface area contributed by atoms with E-state index in [1.807, 2.05) is 35.2 Å². The average Bonchev–Trinajstić information content (AvgIpc) is 2.91. The van der Waals surface area contributed by atoms with Gasteiger partial charge in [0, 0.05) is 37.7 Å². The predicted molar refractivity (Wildman–Crippen MR) is 96.6 cm³/mol. The van der Waals surface area contributed by atoms with Crippen molar-refractivity contribution in [2.45, 2.75) is 51.0 Å². The maximum Gasteiger partial charge on any atom is 0.321 e. The minimum Gasteiger partial charge on any atom is -0.324 e. The van der Waals surface area contributed by atoms with E-state index in [0.717, 1.165) is 56.2 Å². The highest BCUT2D eigenvalue weighted by molar-refractivity contribution is 5.89. The van der Waals surface area contributed by atoms with E-state index < -0.39 is 0 Å². The van der Waals surface area contributed by atoms with Gasteiger partial charge in [0.1, 0.15) is 11.6 Å². The number of rotatable bonds is 2. The molecule has 0 radical (unpaired) electrons. The Labute approximate surface area is 148 Å². The van der Waals surface area contributed by atoms with Gasteiger partial charge in [-0.2, -0.15) is 0 Å². The monoisotopic (exact) mass is 339 g/mol. The quantitative estimate of drug-likeness (QED) is 0.912. The van der Waals surface area contributed by atoms with Crippen molar-refractivity contribution in [3.63, 3.8) is 0 Å². The van der Waals surface area contributed by atoms with Crippen LogP contribution in [0.1, 0.15) is 49.7 Å². The number of amides is 2. The molecule has 1 aromatic carbocycles. The molecule has 6 nitrogen and oxygen atoms in total. The van der Waals surface area contributed by atoms with Crippen molar-refractivity contribution in [2.75, 3.05) is 18.4 Å². The molecule has 132 valence electrons. The highest BCUT2D eigenvalue weighted by Crippen LogP contribution is 2.28. The third kappa shape index (κ3) is 3.52. The van der Waals surface area contributed by atoms with Gasteiger partial charge in [-0.15, -0.1) is 10.2 Å². The highest BCUT2D eigenvalue weighted by Gasteiger charge is 2.29. The van der Waals surface area contributed by atoms with Crippen LogP contribution >= 0.6 is 0 Å². The SMILES string of the molecule is O=C(Nc1ccccc1)N1CCCC(c2nnc3n2CCCCC3)C1. The fourth-order valence-electron chi connectivity index (χ4n) is 3.91. The van der Waals surface area contributed by atoms with Gasteiger partial charge in [0.25, 0.3) is 0 Å². The number of anilines is 1. The summed E-state index contributed by atoms with van der Waals surface area (Å²) in [5, 5.41) is 11.9. The van der Waals surface area contributed by atoms with Crippen LogP contribution in [-0.2, 0) is 13.0 Å². The fourth-order valence-corrected chi connectivity index (χ4v) is 3.91. The van der Waals surface area contributed by atoms with Crippen LogP contribution in [0.5, 0.6) is 0 Å². The molecule has 0 bridgehead atoms. The average molecular weight is 339 g/mol. The maximum absolute atomic E-state index is 12.6. The molecule has 25 heavy (non-hydrogen) atoms. The lowest BCUT2D eigenvalue weighted by atomic mass is 9.97. The predicted octanol–water partition coefficient (Wildman–Crippen LogP) is 3.42. The summed E-state index contributed by atoms with van der Waals surface area (Å²) in [4.78, 5) is 14.5. The Bertz CT molecular complexity index is 727. The van der Waals surface area contributed by atoms with Crippen LogP contribution < -0.4 is 5.32 Å². The minimum atomic E-state index is -0.0218. The van der Waals surface area contributed by atoms with Crippen LogP contribution in [0, 0.1) is 0 Å². The molecule has 3 heterocycles. The first-order valence-corrected chi connectivity index (χ1v) is 9.34. The maximum atomic E-state index is 12.6. The molecule has 1 N–H and O–H groups in total. The molecule has 1 atom stereocenters.